The third-order valence-electron chi connectivity index (χ3n) is 2.49. The number of nitrogens with one attached hydrogen (secondary N) is 2. The SMILES string of the molecule is CCCCC(C)Nc1cccc(NCC)n1. The van der Waals surface area contributed by atoms with Crippen LogP contribution in [-0.4, -0.2) is 17.6 Å². The maximum absolute atomic E-state index is 4.49. The molecule has 0 bridgehead atoms. The summed E-state index contributed by atoms with van der Waals surface area (Å²) in [6, 6.07) is 6.53. The van der Waals surface area contributed by atoms with Crippen LogP contribution in [0, 0.1) is 0 Å². The van der Waals surface area contributed by atoms with Gasteiger partial charge in [0.2, 0.25) is 0 Å². The summed E-state index contributed by atoms with van der Waals surface area (Å²) in [4.78, 5) is 4.49. The fourth-order valence-corrected chi connectivity index (χ4v) is 1.63. The van der Waals surface area contributed by atoms with Gasteiger partial charge in [0.25, 0.3) is 0 Å². The molecule has 0 aliphatic rings. The van der Waals surface area contributed by atoms with Crippen molar-refractivity contribution in [3.63, 3.8) is 0 Å². The number of rotatable bonds is 7. The Balaban J connectivity index is 2.49. The highest BCUT2D eigenvalue weighted by Gasteiger charge is 2.02. The molecule has 0 radical (unpaired) electrons. The van der Waals surface area contributed by atoms with Gasteiger partial charge < -0.3 is 10.6 Å². The zero-order valence-corrected chi connectivity index (χ0v) is 10.6. The van der Waals surface area contributed by atoms with Crippen LogP contribution < -0.4 is 10.6 Å². The molecule has 0 saturated heterocycles. The van der Waals surface area contributed by atoms with Crippen molar-refractivity contribution >= 4 is 11.6 Å². The number of aromatic nitrogens is 1. The molecule has 0 fully saturated rings. The lowest BCUT2D eigenvalue weighted by Gasteiger charge is -2.14. The Morgan fingerprint density at radius 3 is 2.69 bits per heavy atom. The Morgan fingerprint density at radius 2 is 2.00 bits per heavy atom. The van der Waals surface area contributed by atoms with Gasteiger partial charge in [-0.25, -0.2) is 4.98 Å². The molecule has 0 amide bonds. The molecule has 16 heavy (non-hydrogen) atoms. The summed E-state index contributed by atoms with van der Waals surface area (Å²) in [6.45, 7) is 7.40. The molecule has 1 unspecified atom stereocenters. The van der Waals surface area contributed by atoms with E-state index in [0.717, 1.165) is 18.2 Å². The minimum Gasteiger partial charge on any atom is -0.370 e. The van der Waals surface area contributed by atoms with E-state index in [9.17, 15) is 0 Å². The molecule has 0 aliphatic carbocycles. The molecule has 0 aliphatic heterocycles. The third-order valence-corrected chi connectivity index (χ3v) is 2.49. The normalized spacial score (nSPS) is 12.2. The van der Waals surface area contributed by atoms with Crippen LogP contribution in [0.4, 0.5) is 11.6 Å². The fraction of sp³-hybridized carbons (Fsp3) is 0.615. The van der Waals surface area contributed by atoms with E-state index < -0.39 is 0 Å². The van der Waals surface area contributed by atoms with Gasteiger partial charge in [-0.2, -0.15) is 0 Å². The second-order valence-corrected chi connectivity index (χ2v) is 4.13. The van der Waals surface area contributed by atoms with E-state index in [-0.39, 0.29) is 0 Å². The van der Waals surface area contributed by atoms with Crippen LogP contribution >= 0.6 is 0 Å². The van der Waals surface area contributed by atoms with Crippen LogP contribution in [0.1, 0.15) is 40.0 Å². The first-order valence-electron chi connectivity index (χ1n) is 6.23. The lowest BCUT2D eigenvalue weighted by molar-refractivity contribution is 0.643. The lowest BCUT2D eigenvalue weighted by atomic mass is 10.1. The Labute approximate surface area is 98.7 Å². The largest absolute Gasteiger partial charge is 0.370 e. The second-order valence-electron chi connectivity index (χ2n) is 4.13. The molecule has 1 rings (SSSR count). The van der Waals surface area contributed by atoms with Crippen molar-refractivity contribution in [1.82, 2.24) is 4.98 Å². The topological polar surface area (TPSA) is 37.0 Å². The minimum absolute atomic E-state index is 0.490. The molecular formula is C13H23N3. The quantitative estimate of drug-likeness (QED) is 0.740. The Kier molecular flexibility index (Phi) is 5.68. The third kappa shape index (κ3) is 4.51. The van der Waals surface area contributed by atoms with Crippen molar-refractivity contribution in [2.45, 2.75) is 46.1 Å². The molecule has 0 spiro atoms. The number of pyridine rings is 1. The van der Waals surface area contributed by atoms with E-state index in [2.05, 4.69) is 36.4 Å². The van der Waals surface area contributed by atoms with E-state index in [4.69, 9.17) is 0 Å². The van der Waals surface area contributed by atoms with Crippen molar-refractivity contribution in [2.24, 2.45) is 0 Å². The Morgan fingerprint density at radius 1 is 1.25 bits per heavy atom. The van der Waals surface area contributed by atoms with Crippen LogP contribution in [0.15, 0.2) is 18.2 Å². The Hall–Kier alpha value is -1.25. The summed E-state index contributed by atoms with van der Waals surface area (Å²) in [5, 5.41) is 6.64. The highest BCUT2D eigenvalue weighted by molar-refractivity contribution is 5.45. The average Bonchev–Trinajstić information content (AvgIpc) is 2.27. The number of unbranched alkanes of at least 4 members (excludes halogenated alkanes) is 1. The molecule has 3 heteroatoms. The molecule has 1 atom stereocenters. The van der Waals surface area contributed by atoms with Crippen LogP contribution in [0.25, 0.3) is 0 Å². The first-order chi connectivity index (χ1) is 7.76. The van der Waals surface area contributed by atoms with Crippen molar-refractivity contribution in [3.8, 4) is 0 Å². The summed E-state index contributed by atoms with van der Waals surface area (Å²) < 4.78 is 0. The van der Waals surface area contributed by atoms with E-state index >= 15 is 0 Å². The van der Waals surface area contributed by atoms with Crippen molar-refractivity contribution in [3.05, 3.63) is 18.2 Å². The van der Waals surface area contributed by atoms with Gasteiger partial charge in [-0.3, -0.25) is 0 Å². The standard InChI is InChI=1S/C13H23N3/c1-4-6-8-11(3)15-13-10-7-9-12(16-13)14-5-2/h7,9-11H,4-6,8H2,1-3H3,(H2,14,15,16). The van der Waals surface area contributed by atoms with Gasteiger partial charge in [0.05, 0.1) is 0 Å². The van der Waals surface area contributed by atoms with E-state index in [0.29, 0.717) is 6.04 Å². The fourth-order valence-electron chi connectivity index (χ4n) is 1.63. The summed E-state index contributed by atoms with van der Waals surface area (Å²) in [6.07, 6.45) is 3.71. The van der Waals surface area contributed by atoms with Gasteiger partial charge in [-0.05, 0) is 32.4 Å². The molecule has 0 saturated carbocycles. The first kappa shape index (κ1) is 12.8. The number of anilines is 2. The first-order valence-corrected chi connectivity index (χ1v) is 6.23. The Bertz CT molecular complexity index is 299. The lowest BCUT2D eigenvalue weighted by Crippen LogP contribution is -2.16. The van der Waals surface area contributed by atoms with Crippen LogP contribution in [0.3, 0.4) is 0 Å². The van der Waals surface area contributed by atoms with Gasteiger partial charge in [0, 0.05) is 12.6 Å². The number of nitrogens with zero attached hydrogens (tertiary/aromatic N) is 1. The molecule has 1 heterocycles. The zero-order valence-electron chi connectivity index (χ0n) is 10.6. The van der Waals surface area contributed by atoms with Gasteiger partial charge in [-0.15, -0.1) is 0 Å². The minimum atomic E-state index is 0.490. The molecular weight excluding hydrogens is 198 g/mol. The molecule has 1 aromatic heterocycles. The highest BCUT2D eigenvalue weighted by atomic mass is 15.1. The predicted octanol–water partition coefficient (Wildman–Crippen LogP) is 3.50. The van der Waals surface area contributed by atoms with Crippen molar-refractivity contribution in [1.29, 1.82) is 0 Å². The highest BCUT2D eigenvalue weighted by Crippen LogP contribution is 2.12. The summed E-state index contributed by atoms with van der Waals surface area (Å²) in [5.41, 5.74) is 0. The van der Waals surface area contributed by atoms with Gasteiger partial charge in [-0.1, -0.05) is 25.8 Å². The van der Waals surface area contributed by atoms with Gasteiger partial charge >= 0.3 is 0 Å². The predicted molar refractivity (Wildman–Crippen MR) is 71.0 cm³/mol. The molecule has 1 aromatic rings. The van der Waals surface area contributed by atoms with E-state index in [1.807, 2.05) is 18.2 Å². The molecule has 2 N–H and O–H groups in total. The number of hydrogen-bond acceptors (Lipinski definition) is 3. The summed E-state index contributed by atoms with van der Waals surface area (Å²) >= 11 is 0. The summed E-state index contributed by atoms with van der Waals surface area (Å²) in [7, 11) is 0. The second kappa shape index (κ2) is 7.09. The van der Waals surface area contributed by atoms with Crippen LogP contribution in [0.2, 0.25) is 0 Å². The number of hydrogen-bond donors (Lipinski definition) is 2. The van der Waals surface area contributed by atoms with E-state index in [1.54, 1.807) is 0 Å². The maximum atomic E-state index is 4.49. The maximum Gasteiger partial charge on any atom is 0.128 e. The monoisotopic (exact) mass is 221 g/mol. The van der Waals surface area contributed by atoms with Crippen LogP contribution in [-0.2, 0) is 0 Å². The van der Waals surface area contributed by atoms with Gasteiger partial charge in [0.15, 0.2) is 0 Å². The molecule has 90 valence electrons. The average molecular weight is 221 g/mol. The van der Waals surface area contributed by atoms with Gasteiger partial charge in [0.1, 0.15) is 11.6 Å². The van der Waals surface area contributed by atoms with E-state index in [1.165, 1.54) is 19.3 Å². The zero-order chi connectivity index (χ0) is 11.8. The van der Waals surface area contributed by atoms with Crippen molar-refractivity contribution < 1.29 is 0 Å². The summed E-state index contributed by atoms with van der Waals surface area (Å²) in [5.74, 6) is 1.90. The molecule has 3 nitrogen and oxygen atoms in total. The molecule has 0 aromatic carbocycles. The smallest absolute Gasteiger partial charge is 0.128 e. The van der Waals surface area contributed by atoms with Crippen molar-refractivity contribution in [2.75, 3.05) is 17.2 Å². The van der Waals surface area contributed by atoms with Crippen LogP contribution in [0.5, 0.6) is 0 Å².